The van der Waals surface area contributed by atoms with Crippen molar-refractivity contribution < 1.29 is 14.6 Å². The highest BCUT2D eigenvalue weighted by Crippen LogP contribution is 2.11. The van der Waals surface area contributed by atoms with Crippen LogP contribution in [0.1, 0.15) is 24.6 Å². The van der Waals surface area contributed by atoms with E-state index >= 15 is 0 Å². The lowest BCUT2D eigenvalue weighted by atomic mass is 10.1. The number of ether oxygens (including phenoxy) is 1. The molecule has 1 aromatic heterocycles. The minimum absolute atomic E-state index is 0.127. The number of aromatic nitrogens is 3. The first kappa shape index (κ1) is 14.2. The summed E-state index contributed by atoms with van der Waals surface area (Å²) in [5.41, 5.74) is 2.44. The number of carbonyl (C=O) groups excluding carboxylic acids is 1. The van der Waals surface area contributed by atoms with Gasteiger partial charge in [-0.2, -0.15) is 0 Å². The van der Waals surface area contributed by atoms with Gasteiger partial charge in [-0.3, -0.25) is 4.79 Å². The zero-order valence-electron chi connectivity index (χ0n) is 11.3. The van der Waals surface area contributed by atoms with E-state index < -0.39 is 0 Å². The Morgan fingerprint density at radius 3 is 2.70 bits per heavy atom. The Bertz CT molecular complexity index is 563. The summed E-state index contributed by atoms with van der Waals surface area (Å²) in [6, 6.07) is 7.68. The molecule has 106 valence electrons. The van der Waals surface area contributed by atoms with Crippen molar-refractivity contribution in [3.05, 3.63) is 41.7 Å². The maximum absolute atomic E-state index is 11.3. The summed E-state index contributed by atoms with van der Waals surface area (Å²) in [4.78, 5) is 11.3. The Kier molecular flexibility index (Phi) is 4.84. The van der Waals surface area contributed by atoms with Crippen molar-refractivity contribution in [3.63, 3.8) is 0 Å². The number of rotatable bonds is 6. The molecule has 1 N–H and O–H groups in total. The van der Waals surface area contributed by atoms with Gasteiger partial charge < -0.3 is 9.84 Å². The molecular weight excluding hydrogens is 258 g/mol. The molecule has 0 radical (unpaired) electrons. The van der Waals surface area contributed by atoms with Crippen molar-refractivity contribution in [3.8, 4) is 5.69 Å². The summed E-state index contributed by atoms with van der Waals surface area (Å²) in [6.07, 6.45) is 2.71. The second-order valence-corrected chi connectivity index (χ2v) is 4.28. The Balaban J connectivity index is 1.97. The molecule has 6 nitrogen and oxygen atoms in total. The largest absolute Gasteiger partial charge is 0.466 e. The smallest absolute Gasteiger partial charge is 0.306 e. The lowest BCUT2D eigenvalue weighted by Crippen LogP contribution is -2.05. The zero-order chi connectivity index (χ0) is 14.4. The van der Waals surface area contributed by atoms with E-state index in [2.05, 4.69) is 10.3 Å². The van der Waals surface area contributed by atoms with Crippen molar-refractivity contribution in [1.82, 2.24) is 15.0 Å². The van der Waals surface area contributed by atoms with Crippen LogP contribution in [0.2, 0.25) is 0 Å². The predicted octanol–water partition coefficient (Wildman–Crippen LogP) is 1.26. The Labute approximate surface area is 117 Å². The van der Waals surface area contributed by atoms with E-state index in [0.29, 0.717) is 25.1 Å². The van der Waals surface area contributed by atoms with E-state index in [9.17, 15) is 4.79 Å². The molecule has 0 fully saturated rings. The van der Waals surface area contributed by atoms with E-state index in [4.69, 9.17) is 9.84 Å². The fourth-order valence-corrected chi connectivity index (χ4v) is 1.79. The molecular formula is C14H17N3O3. The maximum Gasteiger partial charge on any atom is 0.306 e. The Morgan fingerprint density at radius 1 is 1.35 bits per heavy atom. The number of benzene rings is 1. The Morgan fingerprint density at radius 2 is 2.10 bits per heavy atom. The van der Waals surface area contributed by atoms with Crippen LogP contribution in [-0.2, 0) is 22.6 Å². The van der Waals surface area contributed by atoms with Gasteiger partial charge in [0.15, 0.2) is 0 Å². The van der Waals surface area contributed by atoms with Crippen LogP contribution in [0, 0.1) is 0 Å². The van der Waals surface area contributed by atoms with Crippen LogP contribution in [0.3, 0.4) is 0 Å². The van der Waals surface area contributed by atoms with Gasteiger partial charge in [0.2, 0.25) is 0 Å². The van der Waals surface area contributed by atoms with Gasteiger partial charge in [-0.05, 0) is 31.0 Å². The summed E-state index contributed by atoms with van der Waals surface area (Å²) < 4.78 is 6.48. The van der Waals surface area contributed by atoms with Crippen LogP contribution in [-0.4, -0.2) is 32.7 Å². The molecule has 1 aromatic carbocycles. The van der Waals surface area contributed by atoms with E-state index in [-0.39, 0.29) is 12.6 Å². The van der Waals surface area contributed by atoms with Crippen LogP contribution >= 0.6 is 0 Å². The fourth-order valence-electron chi connectivity index (χ4n) is 1.79. The summed E-state index contributed by atoms with van der Waals surface area (Å²) in [5, 5.41) is 16.7. The van der Waals surface area contributed by atoms with Crippen molar-refractivity contribution in [2.45, 2.75) is 26.4 Å². The molecule has 1 heterocycles. The van der Waals surface area contributed by atoms with Crippen LogP contribution in [0.15, 0.2) is 30.5 Å². The molecule has 2 rings (SSSR count). The van der Waals surface area contributed by atoms with Crippen molar-refractivity contribution >= 4 is 5.97 Å². The number of nitrogens with zero attached hydrogens (tertiary/aromatic N) is 3. The molecule has 0 bridgehead atoms. The summed E-state index contributed by atoms with van der Waals surface area (Å²) in [6.45, 7) is 2.08. The number of hydrogen-bond acceptors (Lipinski definition) is 5. The molecule has 0 amide bonds. The first-order chi connectivity index (χ1) is 9.72. The normalized spacial score (nSPS) is 10.5. The number of esters is 1. The molecule has 0 aliphatic heterocycles. The van der Waals surface area contributed by atoms with Gasteiger partial charge in [-0.15, -0.1) is 5.10 Å². The van der Waals surface area contributed by atoms with Crippen LogP contribution in [0.4, 0.5) is 0 Å². The van der Waals surface area contributed by atoms with E-state index in [1.807, 2.05) is 24.3 Å². The average Bonchev–Trinajstić information content (AvgIpc) is 2.95. The van der Waals surface area contributed by atoms with Crippen LogP contribution < -0.4 is 0 Å². The van der Waals surface area contributed by atoms with E-state index in [1.165, 1.54) is 0 Å². The summed E-state index contributed by atoms with van der Waals surface area (Å²) in [7, 11) is 0. The van der Waals surface area contributed by atoms with Crippen LogP contribution in [0.5, 0.6) is 0 Å². The van der Waals surface area contributed by atoms with Crippen molar-refractivity contribution in [2.75, 3.05) is 6.61 Å². The first-order valence-corrected chi connectivity index (χ1v) is 6.50. The number of carbonyl (C=O) groups is 1. The summed E-state index contributed by atoms with van der Waals surface area (Å²) >= 11 is 0. The molecule has 0 saturated heterocycles. The van der Waals surface area contributed by atoms with E-state index in [0.717, 1.165) is 11.3 Å². The SMILES string of the molecule is CCOC(=O)CCc1ccc(-n2cc(CO)nn2)cc1. The van der Waals surface area contributed by atoms with Gasteiger partial charge in [0.25, 0.3) is 0 Å². The quantitative estimate of drug-likeness (QED) is 0.803. The van der Waals surface area contributed by atoms with Gasteiger partial charge in [-0.1, -0.05) is 17.3 Å². The van der Waals surface area contributed by atoms with Gasteiger partial charge in [0, 0.05) is 6.42 Å². The highest BCUT2D eigenvalue weighted by atomic mass is 16.5. The Hall–Kier alpha value is -2.21. The molecule has 20 heavy (non-hydrogen) atoms. The molecule has 0 unspecified atom stereocenters. The lowest BCUT2D eigenvalue weighted by molar-refractivity contribution is -0.143. The molecule has 0 aliphatic rings. The molecule has 2 aromatic rings. The lowest BCUT2D eigenvalue weighted by Gasteiger charge is -2.04. The van der Waals surface area contributed by atoms with Gasteiger partial charge in [-0.25, -0.2) is 4.68 Å². The zero-order valence-corrected chi connectivity index (χ0v) is 11.3. The molecule has 0 atom stereocenters. The topological polar surface area (TPSA) is 77.2 Å². The van der Waals surface area contributed by atoms with Crippen molar-refractivity contribution in [2.24, 2.45) is 0 Å². The van der Waals surface area contributed by atoms with Gasteiger partial charge in [0.1, 0.15) is 5.69 Å². The average molecular weight is 275 g/mol. The standard InChI is InChI=1S/C14H17N3O3/c1-2-20-14(19)8-5-11-3-6-13(7-4-11)17-9-12(10-18)15-16-17/h3-4,6-7,9,18H,2,5,8,10H2,1H3. The first-order valence-electron chi connectivity index (χ1n) is 6.50. The number of aryl methyl sites for hydroxylation is 1. The number of aliphatic hydroxyl groups is 1. The maximum atomic E-state index is 11.3. The van der Waals surface area contributed by atoms with E-state index in [1.54, 1.807) is 17.8 Å². The minimum atomic E-state index is -0.180. The summed E-state index contributed by atoms with van der Waals surface area (Å²) in [5.74, 6) is -0.180. The highest BCUT2D eigenvalue weighted by molar-refractivity contribution is 5.69. The second-order valence-electron chi connectivity index (χ2n) is 4.28. The van der Waals surface area contributed by atoms with Gasteiger partial charge >= 0.3 is 5.97 Å². The number of aliphatic hydroxyl groups excluding tert-OH is 1. The monoisotopic (exact) mass is 275 g/mol. The predicted molar refractivity (Wildman–Crippen MR) is 72.2 cm³/mol. The highest BCUT2D eigenvalue weighted by Gasteiger charge is 2.04. The minimum Gasteiger partial charge on any atom is -0.466 e. The third kappa shape index (κ3) is 3.64. The third-order valence-electron chi connectivity index (χ3n) is 2.83. The molecule has 0 saturated carbocycles. The number of hydrogen-bond donors (Lipinski definition) is 1. The molecule has 0 spiro atoms. The molecule has 6 heteroatoms. The van der Waals surface area contributed by atoms with Crippen LogP contribution in [0.25, 0.3) is 5.69 Å². The molecule has 0 aliphatic carbocycles. The van der Waals surface area contributed by atoms with Gasteiger partial charge in [0.05, 0.1) is 25.1 Å². The second kappa shape index (κ2) is 6.81. The fraction of sp³-hybridized carbons (Fsp3) is 0.357. The van der Waals surface area contributed by atoms with Crippen molar-refractivity contribution in [1.29, 1.82) is 0 Å². The third-order valence-corrected chi connectivity index (χ3v) is 2.83.